The summed E-state index contributed by atoms with van der Waals surface area (Å²) in [5.74, 6) is -0.0751. The highest BCUT2D eigenvalue weighted by molar-refractivity contribution is 5.48. The van der Waals surface area contributed by atoms with Crippen LogP contribution in [0.2, 0.25) is 0 Å². The van der Waals surface area contributed by atoms with Crippen molar-refractivity contribution in [2.45, 2.75) is 12.6 Å². The van der Waals surface area contributed by atoms with E-state index in [0.717, 1.165) is 0 Å². The summed E-state index contributed by atoms with van der Waals surface area (Å²) in [6.07, 6.45) is 0. The highest BCUT2D eigenvalue weighted by atomic mass is 19.1. The summed E-state index contributed by atoms with van der Waals surface area (Å²) < 4.78 is 18.6. The van der Waals surface area contributed by atoms with Crippen LogP contribution in [0.4, 0.5) is 4.39 Å². The summed E-state index contributed by atoms with van der Waals surface area (Å²) in [6, 6.07) is 4.37. The highest BCUT2D eigenvalue weighted by Gasteiger charge is 2.29. The number of hydrogen-bond acceptors (Lipinski definition) is 3. The van der Waals surface area contributed by atoms with Gasteiger partial charge in [0.1, 0.15) is 0 Å². The van der Waals surface area contributed by atoms with Gasteiger partial charge in [0.05, 0.1) is 13.7 Å². The molecule has 0 fully saturated rings. The number of phenolic OH excluding ortho intramolecular Hbond substituents is 1. The highest BCUT2D eigenvalue weighted by Crippen LogP contribution is 2.38. The van der Waals surface area contributed by atoms with Crippen LogP contribution < -0.4 is 4.74 Å². The molecule has 0 amide bonds. The van der Waals surface area contributed by atoms with E-state index in [-0.39, 0.29) is 17.1 Å². The van der Waals surface area contributed by atoms with Gasteiger partial charge in [-0.1, -0.05) is 12.1 Å². The fourth-order valence-electron chi connectivity index (χ4n) is 1.24. The SMILES string of the molecule is COc1c(O)cccc1C(C)(F)CO. The summed E-state index contributed by atoms with van der Waals surface area (Å²) in [7, 11) is 1.34. The van der Waals surface area contributed by atoms with Crippen LogP contribution in [-0.2, 0) is 5.67 Å². The molecule has 0 radical (unpaired) electrons. The van der Waals surface area contributed by atoms with E-state index < -0.39 is 12.3 Å². The van der Waals surface area contributed by atoms with Crippen molar-refractivity contribution in [3.8, 4) is 11.5 Å². The largest absolute Gasteiger partial charge is 0.504 e. The van der Waals surface area contributed by atoms with Crippen molar-refractivity contribution in [3.05, 3.63) is 23.8 Å². The van der Waals surface area contributed by atoms with Gasteiger partial charge in [-0.25, -0.2) is 4.39 Å². The maximum atomic E-state index is 13.7. The van der Waals surface area contributed by atoms with Gasteiger partial charge >= 0.3 is 0 Å². The Morgan fingerprint density at radius 3 is 2.64 bits per heavy atom. The van der Waals surface area contributed by atoms with Crippen molar-refractivity contribution >= 4 is 0 Å². The Morgan fingerprint density at radius 1 is 1.50 bits per heavy atom. The molecule has 1 rings (SSSR count). The fourth-order valence-corrected chi connectivity index (χ4v) is 1.24. The molecule has 0 aliphatic rings. The van der Waals surface area contributed by atoms with Gasteiger partial charge in [0.2, 0.25) is 0 Å². The zero-order chi connectivity index (χ0) is 10.8. The van der Waals surface area contributed by atoms with Crippen molar-refractivity contribution in [2.24, 2.45) is 0 Å². The predicted octanol–water partition coefficient (Wildman–Crippen LogP) is 1.58. The lowest BCUT2D eigenvalue weighted by Gasteiger charge is -2.20. The molecule has 0 heterocycles. The van der Waals surface area contributed by atoms with Crippen LogP contribution in [0.25, 0.3) is 0 Å². The average Bonchev–Trinajstić information content (AvgIpc) is 2.17. The van der Waals surface area contributed by atoms with E-state index in [2.05, 4.69) is 0 Å². The molecule has 0 saturated heterocycles. The lowest BCUT2D eigenvalue weighted by Crippen LogP contribution is -2.21. The van der Waals surface area contributed by atoms with Gasteiger partial charge in [-0.15, -0.1) is 0 Å². The first kappa shape index (κ1) is 10.8. The second-order valence-electron chi connectivity index (χ2n) is 3.21. The molecule has 1 unspecified atom stereocenters. The number of ether oxygens (including phenoxy) is 1. The van der Waals surface area contributed by atoms with E-state index in [9.17, 15) is 9.50 Å². The first-order valence-corrected chi connectivity index (χ1v) is 4.19. The van der Waals surface area contributed by atoms with Gasteiger partial charge in [-0.05, 0) is 13.0 Å². The summed E-state index contributed by atoms with van der Waals surface area (Å²) in [6.45, 7) is 0.567. The molecule has 0 spiro atoms. The van der Waals surface area contributed by atoms with E-state index in [1.807, 2.05) is 0 Å². The van der Waals surface area contributed by atoms with Crippen molar-refractivity contribution in [3.63, 3.8) is 0 Å². The van der Waals surface area contributed by atoms with Gasteiger partial charge in [0.15, 0.2) is 17.2 Å². The Hall–Kier alpha value is -1.29. The smallest absolute Gasteiger partial charge is 0.166 e. The molecule has 0 saturated carbocycles. The number of aliphatic hydroxyl groups is 1. The van der Waals surface area contributed by atoms with E-state index in [1.165, 1.54) is 32.2 Å². The molecule has 14 heavy (non-hydrogen) atoms. The van der Waals surface area contributed by atoms with Crippen LogP contribution in [0.15, 0.2) is 18.2 Å². The fraction of sp³-hybridized carbons (Fsp3) is 0.400. The summed E-state index contributed by atoms with van der Waals surface area (Å²) in [5.41, 5.74) is -1.77. The number of hydrogen-bond donors (Lipinski definition) is 2. The minimum atomic E-state index is -1.91. The lowest BCUT2D eigenvalue weighted by atomic mass is 9.97. The third kappa shape index (κ3) is 1.80. The number of para-hydroxylation sites is 1. The molecule has 3 nitrogen and oxygen atoms in total. The van der Waals surface area contributed by atoms with Crippen LogP contribution in [0, 0.1) is 0 Å². The van der Waals surface area contributed by atoms with Crippen LogP contribution in [0.3, 0.4) is 0 Å². The molecule has 78 valence electrons. The molecule has 0 aromatic heterocycles. The molecule has 0 bridgehead atoms. The molecule has 1 aromatic carbocycles. The lowest BCUT2D eigenvalue weighted by molar-refractivity contribution is 0.0837. The third-order valence-electron chi connectivity index (χ3n) is 2.06. The monoisotopic (exact) mass is 200 g/mol. The number of benzene rings is 1. The van der Waals surface area contributed by atoms with Crippen LogP contribution in [0.5, 0.6) is 11.5 Å². The van der Waals surface area contributed by atoms with Crippen LogP contribution >= 0.6 is 0 Å². The van der Waals surface area contributed by atoms with Crippen LogP contribution in [0.1, 0.15) is 12.5 Å². The normalized spacial score (nSPS) is 14.9. The Kier molecular flexibility index (Phi) is 2.96. The standard InChI is InChI=1S/C10H13FO3/c1-10(11,6-12)7-4-3-5-8(13)9(7)14-2/h3-5,12-13H,6H2,1-2H3. The van der Waals surface area contributed by atoms with E-state index in [1.54, 1.807) is 0 Å². The van der Waals surface area contributed by atoms with Gasteiger partial charge in [0.25, 0.3) is 0 Å². The number of rotatable bonds is 3. The Balaban J connectivity index is 3.27. The first-order valence-electron chi connectivity index (χ1n) is 4.19. The molecule has 1 atom stereocenters. The Morgan fingerprint density at radius 2 is 2.14 bits per heavy atom. The Labute approximate surface area is 81.8 Å². The number of aromatic hydroxyl groups is 1. The summed E-state index contributed by atoms with van der Waals surface area (Å²) in [4.78, 5) is 0. The zero-order valence-electron chi connectivity index (χ0n) is 8.12. The quantitative estimate of drug-likeness (QED) is 0.778. The van der Waals surface area contributed by atoms with Gasteiger partial charge in [0, 0.05) is 5.56 Å². The molecule has 1 aromatic rings. The van der Waals surface area contributed by atoms with Crippen molar-refractivity contribution in [1.29, 1.82) is 0 Å². The van der Waals surface area contributed by atoms with Gasteiger partial charge in [-0.3, -0.25) is 0 Å². The number of aliphatic hydroxyl groups excluding tert-OH is 1. The number of halogens is 1. The second kappa shape index (κ2) is 3.84. The van der Waals surface area contributed by atoms with Gasteiger partial charge < -0.3 is 14.9 Å². The van der Waals surface area contributed by atoms with Crippen LogP contribution in [-0.4, -0.2) is 23.9 Å². The summed E-state index contributed by atoms with van der Waals surface area (Å²) >= 11 is 0. The molecule has 0 aliphatic carbocycles. The van der Waals surface area contributed by atoms with E-state index in [4.69, 9.17) is 9.84 Å². The average molecular weight is 200 g/mol. The Bertz CT molecular complexity index is 323. The minimum Gasteiger partial charge on any atom is -0.504 e. The maximum absolute atomic E-state index is 13.7. The minimum absolute atomic E-state index is 0.0616. The topological polar surface area (TPSA) is 49.7 Å². The maximum Gasteiger partial charge on any atom is 0.166 e. The zero-order valence-corrected chi connectivity index (χ0v) is 8.12. The van der Waals surface area contributed by atoms with Crippen molar-refractivity contribution in [2.75, 3.05) is 13.7 Å². The van der Waals surface area contributed by atoms with E-state index >= 15 is 0 Å². The summed E-state index contributed by atoms with van der Waals surface area (Å²) in [5, 5.41) is 18.2. The van der Waals surface area contributed by atoms with Crippen molar-refractivity contribution < 1.29 is 19.3 Å². The molecule has 2 N–H and O–H groups in total. The number of methoxy groups -OCH3 is 1. The third-order valence-corrected chi connectivity index (χ3v) is 2.06. The van der Waals surface area contributed by atoms with Gasteiger partial charge in [-0.2, -0.15) is 0 Å². The first-order chi connectivity index (χ1) is 6.53. The number of alkyl halides is 1. The predicted molar refractivity (Wildman–Crippen MR) is 50.2 cm³/mol. The molecular formula is C10H13FO3. The second-order valence-corrected chi connectivity index (χ2v) is 3.21. The molecule has 0 aliphatic heterocycles. The van der Waals surface area contributed by atoms with E-state index in [0.29, 0.717) is 0 Å². The van der Waals surface area contributed by atoms with Crippen molar-refractivity contribution in [1.82, 2.24) is 0 Å². The molecular weight excluding hydrogens is 187 g/mol. The molecule has 4 heteroatoms. The number of phenols is 1.